The smallest absolute Gasteiger partial charge is 0.303 e. The van der Waals surface area contributed by atoms with E-state index in [4.69, 9.17) is 4.74 Å². The Hall–Kier alpha value is -0.570. The number of hydrogen-bond acceptors (Lipinski definition) is 3. The zero-order chi connectivity index (χ0) is 9.49. The quantitative estimate of drug-likeness (QED) is 0.508. The maximum atomic E-state index is 10.2. The van der Waals surface area contributed by atoms with Gasteiger partial charge in [0, 0.05) is 21.1 Å². The Kier molecular flexibility index (Phi) is 7.31. The minimum Gasteiger partial charge on any atom is -0.460 e. The van der Waals surface area contributed by atoms with Gasteiger partial charge in [0.05, 0.1) is 0 Å². The molecule has 0 aromatic rings. The summed E-state index contributed by atoms with van der Waals surface area (Å²) < 4.78 is 9.05. The average Bonchev–Trinajstić information content (AvgIpc) is 1.57. The molecule has 3 nitrogen and oxygen atoms in total. The fourth-order valence-electron chi connectivity index (χ4n) is 0.431. The molecule has 68 valence electrons. The first-order valence-corrected chi connectivity index (χ1v) is 3.43. The Morgan fingerprint density at radius 3 is 1.45 bits per heavy atom. The maximum Gasteiger partial charge on any atom is 0.303 e. The lowest BCUT2D eigenvalue weighted by Gasteiger charge is -2.17. The second-order valence-corrected chi connectivity index (χ2v) is 3.11. The lowest BCUT2D eigenvalue weighted by atomic mass is 10.2. The molecule has 0 saturated heterocycles. The molecule has 0 rings (SSSR count). The first-order chi connectivity index (χ1) is 4.83. The molecule has 0 saturated carbocycles. The van der Waals surface area contributed by atoms with E-state index >= 15 is 0 Å². The Morgan fingerprint density at radius 1 is 1.18 bits per heavy atom. The number of hydrogen-bond donors (Lipinski definition) is 0. The highest BCUT2D eigenvalue weighted by Crippen LogP contribution is 2.05. The van der Waals surface area contributed by atoms with Crippen LogP contribution in [0.3, 0.4) is 0 Å². The second kappa shape index (κ2) is 6.16. The molecule has 0 aliphatic rings. The van der Waals surface area contributed by atoms with E-state index in [1.807, 2.05) is 20.8 Å². The van der Waals surface area contributed by atoms with Crippen LogP contribution in [0.25, 0.3) is 0 Å². The number of carbonyl (C=O) groups excluding carboxylic acids is 1. The molecule has 0 bridgehead atoms. The van der Waals surface area contributed by atoms with E-state index < -0.39 is 0 Å². The van der Waals surface area contributed by atoms with Crippen molar-refractivity contribution in [2.24, 2.45) is 0 Å². The van der Waals surface area contributed by atoms with Crippen molar-refractivity contribution < 1.29 is 14.3 Å². The Balaban J connectivity index is 0. The van der Waals surface area contributed by atoms with Gasteiger partial charge in [-0.25, -0.2) is 0 Å². The van der Waals surface area contributed by atoms with E-state index in [1.54, 1.807) is 14.2 Å². The van der Waals surface area contributed by atoms with Crippen molar-refractivity contribution in [1.29, 1.82) is 0 Å². The number of methoxy groups -OCH3 is 1. The maximum absolute atomic E-state index is 10.2. The largest absolute Gasteiger partial charge is 0.460 e. The van der Waals surface area contributed by atoms with Crippen molar-refractivity contribution in [2.75, 3.05) is 14.2 Å². The summed E-state index contributed by atoms with van der Waals surface area (Å²) in [4.78, 5) is 10.2. The minimum absolute atomic E-state index is 0.225. The second-order valence-electron chi connectivity index (χ2n) is 3.11. The van der Waals surface area contributed by atoms with Gasteiger partial charge < -0.3 is 9.47 Å². The highest BCUT2D eigenvalue weighted by atomic mass is 16.6. The van der Waals surface area contributed by atoms with Crippen molar-refractivity contribution >= 4 is 5.97 Å². The number of carbonyl (C=O) groups is 1. The standard InChI is InChI=1S/C6H12O2.C2H6O/c1-5(7)8-6(2,3)4;1-3-2/h1-4H3;1-2H3. The van der Waals surface area contributed by atoms with Crippen LogP contribution in [0.5, 0.6) is 0 Å². The summed E-state index contributed by atoms with van der Waals surface area (Å²) in [5.41, 5.74) is -0.328. The average molecular weight is 162 g/mol. The van der Waals surface area contributed by atoms with Crippen LogP contribution in [0.4, 0.5) is 0 Å². The lowest BCUT2D eigenvalue weighted by molar-refractivity contribution is -0.151. The number of ether oxygens (including phenoxy) is 2. The van der Waals surface area contributed by atoms with Gasteiger partial charge in [-0.1, -0.05) is 0 Å². The molecule has 0 aliphatic heterocycles. The van der Waals surface area contributed by atoms with Gasteiger partial charge in [-0.3, -0.25) is 4.79 Å². The highest BCUT2D eigenvalue weighted by Gasteiger charge is 2.11. The van der Waals surface area contributed by atoms with Crippen molar-refractivity contribution in [3.05, 3.63) is 0 Å². The van der Waals surface area contributed by atoms with Gasteiger partial charge in [-0.15, -0.1) is 0 Å². The third-order valence-corrected chi connectivity index (χ3v) is 0.450. The molecule has 0 radical (unpaired) electrons. The van der Waals surface area contributed by atoms with Crippen LogP contribution in [-0.4, -0.2) is 25.8 Å². The zero-order valence-electron chi connectivity index (χ0n) is 8.22. The normalized spacial score (nSPS) is 9.64. The summed E-state index contributed by atoms with van der Waals surface area (Å²) in [7, 11) is 3.25. The third-order valence-electron chi connectivity index (χ3n) is 0.450. The van der Waals surface area contributed by atoms with E-state index in [9.17, 15) is 4.79 Å². The predicted octanol–water partition coefficient (Wildman–Crippen LogP) is 1.61. The van der Waals surface area contributed by atoms with Gasteiger partial charge in [0.2, 0.25) is 0 Å². The fraction of sp³-hybridized carbons (Fsp3) is 0.875. The molecule has 0 spiro atoms. The number of rotatable bonds is 0. The summed E-state index contributed by atoms with van der Waals surface area (Å²) in [5, 5.41) is 0. The van der Waals surface area contributed by atoms with Gasteiger partial charge >= 0.3 is 5.97 Å². The lowest BCUT2D eigenvalue weighted by Crippen LogP contribution is -2.21. The molecule has 0 N–H and O–H groups in total. The van der Waals surface area contributed by atoms with Crippen LogP contribution < -0.4 is 0 Å². The van der Waals surface area contributed by atoms with Gasteiger partial charge in [-0.2, -0.15) is 0 Å². The van der Waals surface area contributed by atoms with Crippen LogP contribution in [-0.2, 0) is 14.3 Å². The third kappa shape index (κ3) is 26.5. The van der Waals surface area contributed by atoms with Gasteiger partial charge in [-0.05, 0) is 20.8 Å². The molecule has 0 aromatic carbocycles. The molecule has 0 atom stereocenters. The van der Waals surface area contributed by atoms with Crippen LogP contribution in [0, 0.1) is 0 Å². The van der Waals surface area contributed by atoms with Crippen LogP contribution in [0.1, 0.15) is 27.7 Å². The minimum atomic E-state index is -0.328. The van der Waals surface area contributed by atoms with Crippen molar-refractivity contribution in [3.8, 4) is 0 Å². The highest BCUT2D eigenvalue weighted by molar-refractivity contribution is 5.66. The van der Waals surface area contributed by atoms with E-state index in [0.717, 1.165) is 0 Å². The van der Waals surface area contributed by atoms with E-state index in [1.165, 1.54) is 6.92 Å². The van der Waals surface area contributed by atoms with Crippen molar-refractivity contribution in [1.82, 2.24) is 0 Å². The SMILES string of the molecule is CC(=O)OC(C)(C)C.COC. The van der Waals surface area contributed by atoms with Crippen LogP contribution in [0.15, 0.2) is 0 Å². The first kappa shape index (κ1) is 13.1. The van der Waals surface area contributed by atoms with E-state index in [-0.39, 0.29) is 11.6 Å². The molecule has 0 fully saturated rings. The summed E-state index contributed by atoms with van der Waals surface area (Å²) in [5.74, 6) is -0.225. The van der Waals surface area contributed by atoms with Gasteiger partial charge in [0.25, 0.3) is 0 Å². The molecule has 0 aromatic heterocycles. The summed E-state index contributed by atoms with van der Waals surface area (Å²) in [6, 6.07) is 0. The molecule has 0 amide bonds. The van der Waals surface area contributed by atoms with E-state index in [2.05, 4.69) is 4.74 Å². The zero-order valence-corrected chi connectivity index (χ0v) is 8.22. The van der Waals surface area contributed by atoms with Crippen LogP contribution in [0.2, 0.25) is 0 Å². The molecule has 3 heteroatoms. The first-order valence-electron chi connectivity index (χ1n) is 3.43. The topological polar surface area (TPSA) is 35.5 Å². The molecule has 0 unspecified atom stereocenters. The molecule has 11 heavy (non-hydrogen) atoms. The molecule has 0 aliphatic carbocycles. The molecular formula is C8H18O3. The number of esters is 1. The van der Waals surface area contributed by atoms with Crippen molar-refractivity contribution in [2.45, 2.75) is 33.3 Å². The monoisotopic (exact) mass is 162 g/mol. The van der Waals surface area contributed by atoms with Gasteiger partial charge in [0.15, 0.2) is 0 Å². The van der Waals surface area contributed by atoms with Crippen molar-refractivity contribution in [3.63, 3.8) is 0 Å². The Morgan fingerprint density at radius 2 is 1.45 bits per heavy atom. The summed E-state index contributed by atoms with van der Waals surface area (Å²) >= 11 is 0. The van der Waals surface area contributed by atoms with Crippen LogP contribution >= 0.6 is 0 Å². The molecular weight excluding hydrogens is 144 g/mol. The Labute approximate surface area is 68.7 Å². The summed E-state index contributed by atoms with van der Waals surface area (Å²) in [6.45, 7) is 6.93. The summed E-state index contributed by atoms with van der Waals surface area (Å²) in [6.07, 6.45) is 0. The van der Waals surface area contributed by atoms with Gasteiger partial charge in [0.1, 0.15) is 5.60 Å². The predicted molar refractivity (Wildman–Crippen MR) is 44.5 cm³/mol. The molecule has 0 heterocycles. The van der Waals surface area contributed by atoms with E-state index in [0.29, 0.717) is 0 Å². The Bertz CT molecular complexity index is 102. The fourth-order valence-corrected chi connectivity index (χ4v) is 0.431.